The minimum Gasteiger partial charge on any atom is -0.375 e. The van der Waals surface area contributed by atoms with Crippen molar-refractivity contribution in [2.45, 2.75) is 44.9 Å². The Morgan fingerprint density at radius 3 is 2.43 bits per heavy atom. The first-order chi connectivity index (χ1) is 13.1. The summed E-state index contributed by atoms with van der Waals surface area (Å²) < 4.78 is 11.8. The Kier molecular flexibility index (Phi) is 12.3. The predicted molar refractivity (Wildman–Crippen MR) is 128 cm³/mol. The van der Waals surface area contributed by atoms with Crippen molar-refractivity contribution < 1.29 is 9.47 Å². The summed E-state index contributed by atoms with van der Waals surface area (Å²) in [5, 5.41) is 3.60. The van der Waals surface area contributed by atoms with E-state index >= 15 is 0 Å². The highest BCUT2D eigenvalue weighted by atomic mass is 127. The minimum absolute atomic E-state index is 0. The third-order valence-electron chi connectivity index (χ3n) is 5.42. The summed E-state index contributed by atoms with van der Waals surface area (Å²) in [4.78, 5) is 9.24. The van der Waals surface area contributed by atoms with Crippen LogP contribution in [-0.2, 0) is 9.47 Å². The number of rotatable bonds is 9. The summed E-state index contributed by atoms with van der Waals surface area (Å²) in [6, 6.07) is 0.382. The molecule has 3 unspecified atom stereocenters. The van der Waals surface area contributed by atoms with E-state index in [0.29, 0.717) is 12.0 Å². The van der Waals surface area contributed by atoms with Gasteiger partial charge in [-0.15, -0.1) is 37.1 Å². The van der Waals surface area contributed by atoms with Crippen LogP contribution in [0, 0.1) is 5.92 Å². The summed E-state index contributed by atoms with van der Waals surface area (Å²) in [6.45, 7) is 18.1. The molecule has 2 aliphatic heterocycles. The Labute approximate surface area is 188 Å². The maximum atomic E-state index is 5.97. The van der Waals surface area contributed by atoms with E-state index in [1.165, 1.54) is 0 Å². The first-order valence-corrected chi connectivity index (χ1v) is 10.2. The second kappa shape index (κ2) is 13.6. The average molecular weight is 506 g/mol. The molecule has 7 heteroatoms. The van der Waals surface area contributed by atoms with E-state index in [2.05, 4.69) is 47.1 Å². The third kappa shape index (κ3) is 7.31. The van der Waals surface area contributed by atoms with Crippen LogP contribution in [-0.4, -0.2) is 87.0 Å². The highest BCUT2D eigenvalue weighted by Gasteiger charge is 2.32. The van der Waals surface area contributed by atoms with Crippen molar-refractivity contribution in [3.63, 3.8) is 0 Å². The van der Waals surface area contributed by atoms with Crippen molar-refractivity contribution in [2.24, 2.45) is 10.9 Å². The molecule has 0 spiro atoms. The van der Waals surface area contributed by atoms with Crippen LogP contribution in [0.15, 0.2) is 30.3 Å². The van der Waals surface area contributed by atoms with Gasteiger partial charge in [-0.2, -0.15) is 0 Å². The van der Waals surface area contributed by atoms with Crippen molar-refractivity contribution in [2.75, 3.05) is 53.0 Å². The Morgan fingerprint density at radius 1 is 1.21 bits per heavy atom. The molecule has 0 aromatic rings. The zero-order valence-electron chi connectivity index (χ0n) is 17.8. The summed E-state index contributed by atoms with van der Waals surface area (Å²) in [5.41, 5.74) is 0. The van der Waals surface area contributed by atoms with Crippen molar-refractivity contribution in [1.29, 1.82) is 0 Å². The van der Waals surface area contributed by atoms with E-state index in [4.69, 9.17) is 9.47 Å². The van der Waals surface area contributed by atoms with Gasteiger partial charge in [0.15, 0.2) is 5.96 Å². The van der Waals surface area contributed by atoms with Gasteiger partial charge < -0.3 is 19.7 Å². The van der Waals surface area contributed by atoms with Crippen LogP contribution in [0.5, 0.6) is 0 Å². The Morgan fingerprint density at radius 2 is 1.89 bits per heavy atom. The van der Waals surface area contributed by atoms with E-state index < -0.39 is 0 Å². The molecule has 2 heterocycles. The van der Waals surface area contributed by atoms with Crippen LogP contribution in [0.3, 0.4) is 0 Å². The van der Waals surface area contributed by atoms with E-state index in [1.807, 2.05) is 19.2 Å². The van der Waals surface area contributed by atoms with Crippen LogP contribution in [0.1, 0.15) is 26.7 Å². The molecular formula is C21H39IN4O2. The Hall–Kier alpha value is -0.640. The van der Waals surface area contributed by atoms with Gasteiger partial charge in [0.25, 0.3) is 0 Å². The SMILES string of the molecule is C=CCN(CC=C)C(CNC(=NC)N1CCOC(C2CCCO2)C1)C(C)C.I. The molecule has 0 saturated carbocycles. The van der Waals surface area contributed by atoms with Gasteiger partial charge >= 0.3 is 0 Å². The lowest BCUT2D eigenvalue weighted by atomic mass is 10.0. The number of nitrogens with one attached hydrogen (secondary N) is 1. The number of halogens is 1. The summed E-state index contributed by atoms with van der Waals surface area (Å²) in [7, 11) is 1.86. The molecule has 2 saturated heterocycles. The molecule has 6 nitrogen and oxygen atoms in total. The monoisotopic (exact) mass is 506 g/mol. The maximum Gasteiger partial charge on any atom is 0.193 e. The zero-order valence-corrected chi connectivity index (χ0v) is 20.1. The molecule has 0 aromatic carbocycles. The highest BCUT2D eigenvalue weighted by Crippen LogP contribution is 2.21. The standard InChI is InChI=1S/C21H38N4O2.HI/c1-6-10-24(11-7-2)18(17(3)4)15-23-21(22-5)25-12-14-27-20(16-25)19-9-8-13-26-19;/h6-7,17-20H,1-2,8-16H2,3-5H3,(H,22,23);1H. The third-order valence-corrected chi connectivity index (χ3v) is 5.42. The van der Waals surface area contributed by atoms with Crippen LogP contribution >= 0.6 is 24.0 Å². The zero-order chi connectivity index (χ0) is 19.6. The molecule has 3 atom stereocenters. The molecule has 162 valence electrons. The van der Waals surface area contributed by atoms with E-state index in [-0.39, 0.29) is 36.2 Å². The first-order valence-electron chi connectivity index (χ1n) is 10.2. The Balaban J connectivity index is 0.00000392. The van der Waals surface area contributed by atoms with Crippen molar-refractivity contribution >= 4 is 29.9 Å². The highest BCUT2D eigenvalue weighted by molar-refractivity contribution is 14.0. The molecular weight excluding hydrogens is 467 g/mol. The van der Waals surface area contributed by atoms with E-state index in [9.17, 15) is 0 Å². The van der Waals surface area contributed by atoms with Crippen LogP contribution < -0.4 is 5.32 Å². The Bertz CT molecular complexity index is 485. The fourth-order valence-electron chi connectivity index (χ4n) is 3.98. The topological polar surface area (TPSA) is 49.3 Å². The lowest BCUT2D eigenvalue weighted by molar-refractivity contribution is -0.0817. The number of nitrogens with zero attached hydrogens (tertiary/aromatic N) is 3. The number of aliphatic imine (C=N–C) groups is 1. The van der Waals surface area contributed by atoms with Crippen molar-refractivity contribution in [3.8, 4) is 0 Å². The number of morpholine rings is 1. The molecule has 0 radical (unpaired) electrons. The molecule has 0 bridgehead atoms. The maximum absolute atomic E-state index is 5.97. The summed E-state index contributed by atoms with van der Waals surface area (Å²) >= 11 is 0. The fourth-order valence-corrected chi connectivity index (χ4v) is 3.98. The van der Waals surface area contributed by atoms with Gasteiger partial charge in [0, 0.05) is 52.4 Å². The van der Waals surface area contributed by atoms with Crippen molar-refractivity contribution in [3.05, 3.63) is 25.3 Å². The van der Waals surface area contributed by atoms with Gasteiger partial charge in [-0.25, -0.2) is 0 Å². The lowest BCUT2D eigenvalue weighted by Crippen LogP contribution is -2.55. The second-order valence-corrected chi connectivity index (χ2v) is 7.68. The van der Waals surface area contributed by atoms with Gasteiger partial charge in [0.05, 0.1) is 12.7 Å². The number of ether oxygens (including phenoxy) is 2. The fraction of sp³-hybridized carbons (Fsp3) is 0.762. The molecule has 2 aliphatic rings. The van der Waals surface area contributed by atoms with Gasteiger partial charge in [0.1, 0.15) is 6.10 Å². The van der Waals surface area contributed by atoms with Crippen LogP contribution in [0.4, 0.5) is 0 Å². The molecule has 28 heavy (non-hydrogen) atoms. The van der Waals surface area contributed by atoms with E-state index in [1.54, 1.807) is 0 Å². The number of hydrogen-bond acceptors (Lipinski definition) is 4. The smallest absolute Gasteiger partial charge is 0.193 e. The second-order valence-electron chi connectivity index (χ2n) is 7.68. The average Bonchev–Trinajstić information content (AvgIpc) is 3.20. The van der Waals surface area contributed by atoms with E-state index in [0.717, 1.165) is 64.7 Å². The van der Waals surface area contributed by atoms with Gasteiger partial charge in [-0.3, -0.25) is 9.89 Å². The normalized spacial score (nSPS) is 24.2. The molecule has 0 amide bonds. The lowest BCUT2D eigenvalue weighted by Gasteiger charge is -2.38. The molecule has 0 aromatic heterocycles. The summed E-state index contributed by atoms with van der Waals surface area (Å²) in [5.74, 6) is 1.46. The quantitative estimate of drug-likeness (QED) is 0.226. The van der Waals surface area contributed by atoms with Crippen molar-refractivity contribution in [1.82, 2.24) is 15.1 Å². The predicted octanol–water partition coefficient (Wildman–Crippen LogP) is 2.76. The molecule has 0 aliphatic carbocycles. The van der Waals surface area contributed by atoms with Gasteiger partial charge in [-0.1, -0.05) is 26.0 Å². The molecule has 2 rings (SSSR count). The number of hydrogen-bond donors (Lipinski definition) is 1. The largest absolute Gasteiger partial charge is 0.375 e. The first kappa shape index (κ1) is 25.4. The van der Waals surface area contributed by atoms with Crippen LogP contribution in [0.25, 0.3) is 0 Å². The summed E-state index contributed by atoms with van der Waals surface area (Å²) in [6.07, 6.45) is 6.52. The minimum atomic E-state index is 0. The molecule has 2 fully saturated rings. The van der Waals surface area contributed by atoms with Gasteiger partial charge in [-0.05, 0) is 18.8 Å². The van der Waals surface area contributed by atoms with Crippen LogP contribution in [0.2, 0.25) is 0 Å². The van der Waals surface area contributed by atoms with Gasteiger partial charge in [0.2, 0.25) is 0 Å². The molecule has 1 N–H and O–H groups in total. The number of guanidine groups is 1.